The van der Waals surface area contributed by atoms with Crippen molar-refractivity contribution < 1.29 is 4.42 Å². The Morgan fingerprint density at radius 2 is 0.982 bits per heavy atom. The van der Waals surface area contributed by atoms with Gasteiger partial charge in [0, 0.05) is 32.6 Å². The van der Waals surface area contributed by atoms with Crippen LogP contribution in [0.3, 0.4) is 0 Å². The summed E-state index contributed by atoms with van der Waals surface area (Å²) in [6.45, 7) is 4.70. The molecule has 0 saturated heterocycles. The molecule has 260 valence electrons. The molecule has 0 saturated carbocycles. The van der Waals surface area contributed by atoms with Crippen molar-refractivity contribution >= 4 is 60.5 Å². The summed E-state index contributed by atoms with van der Waals surface area (Å²) in [7, 11) is 0. The minimum absolute atomic E-state index is 0.0799. The Morgan fingerprint density at radius 3 is 1.84 bits per heavy atom. The monoisotopic (exact) mass is 703 g/mol. The van der Waals surface area contributed by atoms with E-state index in [4.69, 9.17) is 4.42 Å². The first-order valence-corrected chi connectivity index (χ1v) is 19.1. The molecule has 55 heavy (non-hydrogen) atoms. The van der Waals surface area contributed by atoms with E-state index in [9.17, 15) is 0 Å². The van der Waals surface area contributed by atoms with Gasteiger partial charge in [-0.2, -0.15) is 0 Å². The summed E-state index contributed by atoms with van der Waals surface area (Å²) in [4.78, 5) is 2.37. The lowest BCUT2D eigenvalue weighted by molar-refractivity contribution is 0.660. The quantitative estimate of drug-likeness (QED) is 0.177. The van der Waals surface area contributed by atoms with Gasteiger partial charge >= 0.3 is 0 Å². The third-order valence-corrected chi connectivity index (χ3v) is 11.9. The molecule has 0 bridgehead atoms. The molecule has 1 heterocycles. The molecule has 0 aliphatic heterocycles. The Bertz CT molecular complexity index is 3110. The predicted molar refractivity (Wildman–Crippen MR) is 232 cm³/mol. The van der Waals surface area contributed by atoms with Crippen molar-refractivity contribution in [1.29, 1.82) is 0 Å². The van der Waals surface area contributed by atoms with Crippen LogP contribution < -0.4 is 4.90 Å². The highest BCUT2D eigenvalue weighted by molar-refractivity contribution is 6.21. The predicted octanol–water partition coefficient (Wildman–Crippen LogP) is 15.0. The van der Waals surface area contributed by atoms with Crippen LogP contribution in [0.25, 0.3) is 76.9 Å². The van der Waals surface area contributed by atoms with Crippen molar-refractivity contribution in [3.63, 3.8) is 0 Å². The van der Waals surface area contributed by atoms with Gasteiger partial charge in [-0.1, -0.05) is 166 Å². The number of hydrogen-bond acceptors (Lipinski definition) is 2. The number of furan rings is 1. The van der Waals surface area contributed by atoms with Crippen molar-refractivity contribution in [2.24, 2.45) is 0 Å². The number of fused-ring (bicyclic) bond motifs is 9. The minimum Gasteiger partial charge on any atom is -0.453 e. The van der Waals surface area contributed by atoms with Crippen LogP contribution in [0.2, 0.25) is 0 Å². The van der Waals surface area contributed by atoms with Gasteiger partial charge in [0.05, 0.1) is 11.4 Å². The molecule has 10 aromatic rings. The SMILES string of the molecule is CC1(C)c2ccccc2-c2ccc(-c3cc4c5cccc(N(c6ccc(-c7ccccc7)cc6)c6cccc7ccccc67)c5oc4c4ccccc34)cc21. The van der Waals surface area contributed by atoms with E-state index in [1.807, 2.05) is 0 Å². The zero-order valence-electron chi connectivity index (χ0n) is 30.8. The standard InChI is InChI=1S/C53H37NO/c1-53(2)47-23-11-10-20-41(47)42-31-28-37(32-48(42)53)45-33-46-44-22-13-25-50(52(44)55-51(46)43-21-9-8-19-40(43)45)54(49-24-12-17-36-16-6-7-18-39(36)49)38-29-26-35(27-30-38)34-14-4-3-5-15-34/h3-33H,1-2H3. The number of anilines is 3. The Morgan fingerprint density at radius 1 is 0.382 bits per heavy atom. The Kier molecular flexibility index (Phi) is 6.93. The van der Waals surface area contributed by atoms with E-state index in [0.717, 1.165) is 44.4 Å². The van der Waals surface area contributed by atoms with Crippen molar-refractivity contribution in [3.8, 4) is 33.4 Å². The van der Waals surface area contributed by atoms with Crippen molar-refractivity contribution in [3.05, 3.63) is 199 Å². The van der Waals surface area contributed by atoms with E-state index in [0.29, 0.717) is 0 Å². The molecule has 1 aliphatic carbocycles. The normalized spacial score (nSPS) is 13.1. The lowest BCUT2D eigenvalue weighted by Crippen LogP contribution is -2.14. The Hall–Kier alpha value is -6.90. The lowest BCUT2D eigenvalue weighted by Gasteiger charge is -2.27. The molecule has 1 aliphatic rings. The zero-order chi connectivity index (χ0) is 36.7. The fourth-order valence-electron chi connectivity index (χ4n) is 9.14. The van der Waals surface area contributed by atoms with E-state index < -0.39 is 0 Å². The highest BCUT2D eigenvalue weighted by Crippen LogP contribution is 2.51. The third-order valence-electron chi connectivity index (χ3n) is 11.9. The zero-order valence-corrected chi connectivity index (χ0v) is 30.8. The summed E-state index contributed by atoms with van der Waals surface area (Å²) in [5.41, 5.74) is 15.1. The van der Waals surface area contributed by atoms with Gasteiger partial charge in [-0.3, -0.25) is 0 Å². The maximum absolute atomic E-state index is 7.12. The van der Waals surface area contributed by atoms with Crippen molar-refractivity contribution in [1.82, 2.24) is 0 Å². The maximum atomic E-state index is 7.12. The molecule has 0 atom stereocenters. The smallest absolute Gasteiger partial charge is 0.159 e. The van der Waals surface area contributed by atoms with Gasteiger partial charge in [-0.15, -0.1) is 0 Å². The summed E-state index contributed by atoms with van der Waals surface area (Å²) in [6, 6.07) is 68.2. The molecule has 2 heteroatoms. The summed E-state index contributed by atoms with van der Waals surface area (Å²) in [5.74, 6) is 0. The number of hydrogen-bond donors (Lipinski definition) is 0. The van der Waals surface area contributed by atoms with Crippen LogP contribution in [0, 0.1) is 0 Å². The average Bonchev–Trinajstić information content (AvgIpc) is 3.74. The van der Waals surface area contributed by atoms with Crippen LogP contribution in [-0.4, -0.2) is 0 Å². The Balaban J connectivity index is 1.14. The fourth-order valence-corrected chi connectivity index (χ4v) is 9.14. The number of rotatable bonds is 5. The van der Waals surface area contributed by atoms with Gasteiger partial charge < -0.3 is 9.32 Å². The van der Waals surface area contributed by atoms with E-state index in [1.54, 1.807) is 0 Å². The van der Waals surface area contributed by atoms with E-state index in [2.05, 4.69) is 207 Å². The van der Waals surface area contributed by atoms with Crippen LogP contribution in [0.5, 0.6) is 0 Å². The molecule has 0 spiro atoms. The second-order valence-corrected chi connectivity index (χ2v) is 15.3. The fraction of sp³-hybridized carbons (Fsp3) is 0.0566. The number of nitrogens with zero attached hydrogens (tertiary/aromatic N) is 1. The molecule has 0 N–H and O–H groups in total. The molecular formula is C53H37NO. The minimum atomic E-state index is -0.0799. The highest BCUT2D eigenvalue weighted by Gasteiger charge is 2.35. The average molecular weight is 704 g/mol. The Labute approximate surface area is 320 Å². The molecular weight excluding hydrogens is 667 g/mol. The first-order valence-electron chi connectivity index (χ1n) is 19.1. The third kappa shape index (κ3) is 4.81. The van der Waals surface area contributed by atoms with Crippen LogP contribution in [0.4, 0.5) is 17.1 Å². The lowest BCUT2D eigenvalue weighted by atomic mass is 9.81. The molecule has 0 amide bonds. The first-order chi connectivity index (χ1) is 27.0. The molecule has 0 unspecified atom stereocenters. The maximum Gasteiger partial charge on any atom is 0.159 e. The van der Waals surface area contributed by atoms with Gasteiger partial charge in [-0.05, 0) is 91.7 Å². The highest BCUT2D eigenvalue weighted by atomic mass is 16.3. The molecule has 9 aromatic carbocycles. The van der Waals surface area contributed by atoms with Crippen molar-refractivity contribution in [2.45, 2.75) is 19.3 Å². The van der Waals surface area contributed by atoms with Gasteiger partial charge in [0.25, 0.3) is 0 Å². The van der Waals surface area contributed by atoms with E-state index >= 15 is 0 Å². The van der Waals surface area contributed by atoms with Crippen LogP contribution in [0.15, 0.2) is 192 Å². The van der Waals surface area contributed by atoms with Gasteiger partial charge in [0.2, 0.25) is 0 Å². The number of benzene rings is 9. The molecule has 1 aromatic heterocycles. The topological polar surface area (TPSA) is 16.4 Å². The van der Waals surface area contributed by atoms with Crippen LogP contribution >= 0.6 is 0 Å². The second kappa shape index (κ2) is 12.1. The molecule has 0 fully saturated rings. The summed E-state index contributed by atoms with van der Waals surface area (Å²) in [5, 5.41) is 6.89. The summed E-state index contributed by atoms with van der Waals surface area (Å²) in [6.07, 6.45) is 0. The van der Waals surface area contributed by atoms with Crippen molar-refractivity contribution in [2.75, 3.05) is 4.90 Å². The van der Waals surface area contributed by atoms with Crippen LogP contribution in [-0.2, 0) is 5.41 Å². The van der Waals surface area contributed by atoms with Crippen LogP contribution in [0.1, 0.15) is 25.0 Å². The summed E-state index contributed by atoms with van der Waals surface area (Å²) < 4.78 is 7.12. The largest absolute Gasteiger partial charge is 0.453 e. The van der Waals surface area contributed by atoms with Gasteiger partial charge in [-0.25, -0.2) is 0 Å². The second-order valence-electron chi connectivity index (χ2n) is 15.3. The van der Waals surface area contributed by atoms with E-state index in [1.165, 1.54) is 60.7 Å². The molecule has 0 radical (unpaired) electrons. The summed E-state index contributed by atoms with van der Waals surface area (Å²) >= 11 is 0. The molecule has 2 nitrogen and oxygen atoms in total. The van der Waals surface area contributed by atoms with Gasteiger partial charge in [0.15, 0.2) is 5.58 Å². The molecule has 11 rings (SSSR count). The van der Waals surface area contributed by atoms with Gasteiger partial charge in [0.1, 0.15) is 5.58 Å². The first kappa shape index (κ1) is 31.6. The van der Waals surface area contributed by atoms with E-state index in [-0.39, 0.29) is 5.41 Å². The number of para-hydroxylation sites is 1.